The Kier molecular flexibility index (Phi) is 4.32. The Morgan fingerprint density at radius 1 is 0.844 bits per heavy atom. The molecule has 0 radical (unpaired) electrons. The van der Waals surface area contributed by atoms with Crippen molar-refractivity contribution in [3.8, 4) is 22.9 Å². The Labute approximate surface area is 185 Å². The summed E-state index contributed by atoms with van der Waals surface area (Å²) in [6.07, 6.45) is 4.11. The highest BCUT2D eigenvalue weighted by molar-refractivity contribution is 6.09. The van der Waals surface area contributed by atoms with Gasteiger partial charge in [0, 0.05) is 53.6 Å². The van der Waals surface area contributed by atoms with Gasteiger partial charge in [-0.3, -0.25) is 0 Å². The van der Waals surface area contributed by atoms with Crippen LogP contribution in [0, 0.1) is 0 Å². The van der Waals surface area contributed by atoms with Gasteiger partial charge in [0.05, 0.1) is 12.4 Å². The van der Waals surface area contributed by atoms with Crippen molar-refractivity contribution in [2.24, 2.45) is 0 Å². The van der Waals surface area contributed by atoms with Crippen molar-refractivity contribution in [3.63, 3.8) is 0 Å². The molecule has 1 aliphatic heterocycles. The number of fused-ring (bicyclic) bond motifs is 3. The van der Waals surface area contributed by atoms with Crippen LogP contribution in [0.3, 0.4) is 0 Å². The first-order valence-corrected chi connectivity index (χ1v) is 10.6. The van der Waals surface area contributed by atoms with Gasteiger partial charge < -0.3 is 19.0 Å². The molecule has 3 heterocycles. The molecule has 0 unspecified atom stereocenters. The Balaban J connectivity index is 1.34. The second kappa shape index (κ2) is 7.46. The second-order valence-corrected chi connectivity index (χ2v) is 7.91. The summed E-state index contributed by atoms with van der Waals surface area (Å²) in [5.41, 5.74) is 4.55. The number of hydrogen-bond donors (Lipinski definition) is 0. The molecule has 0 atom stereocenters. The summed E-state index contributed by atoms with van der Waals surface area (Å²) in [6.45, 7) is 0.818. The lowest BCUT2D eigenvalue weighted by Gasteiger charge is -2.18. The molecule has 5 heteroatoms. The van der Waals surface area contributed by atoms with E-state index >= 15 is 0 Å². The molecule has 2 aromatic heterocycles. The van der Waals surface area contributed by atoms with Gasteiger partial charge in [-0.15, -0.1) is 0 Å². The minimum absolute atomic E-state index is 0.543. The van der Waals surface area contributed by atoms with Gasteiger partial charge in [0.1, 0.15) is 16.9 Å². The van der Waals surface area contributed by atoms with Crippen LogP contribution < -0.4 is 9.64 Å². The predicted octanol–water partition coefficient (Wildman–Crippen LogP) is 6.62. The number of ether oxygens (including phenoxy) is 1. The third-order valence-electron chi connectivity index (χ3n) is 5.65. The average Bonchev–Trinajstić information content (AvgIpc) is 3.43. The molecule has 0 aliphatic carbocycles. The maximum Gasteiger partial charge on any atom is 0.219 e. The van der Waals surface area contributed by atoms with Crippen molar-refractivity contribution in [3.05, 3.63) is 97.3 Å². The van der Waals surface area contributed by atoms with Crippen molar-refractivity contribution >= 4 is 27.6 Å². The SMILES string of the molecule is CN1C=CN(c2cccc(Oc3cccc(-c4cccc5c4oc4ccccc45)n3)c2)C1. The first kappa shape index (κ1) is 18.5. The maximum atomic E-state index is 6.18. The highest BCUT2D eigenvalue weighted by Gasteiger charge is 2.14. The summed E-state index contributed by atoms with van der Waals surface area (Å²) in [5, 5.41) is 2.19. The zero-order chi connectivity index (χ0) is 21.5. The fraction of sp³-hybridized carbons (Fsp3) is 0.0741. The van der Waals surface area contributed by atoms with Crippen LogP contribution >= 0.6 is 0 Å². The Morgan fingerprint density at radius 2 is 1.69 bits per heavy atom. The van der Waals surface area contributed by atoms with Gasteiger partial charge in [0.15, 0.2) is 0 Å². The van der Waals surface area contributed by atoms with Gasteiger partial charge in [0.25, 0.3) is 0 Å². The fourth-order valence-electron chi connectivity index (χ4n) is 4.11. The minimum Gasteiger partial charge on any atom is -0.455 e. The Morgan fingerprint density at radius 3 is 2.59 bits per heavy atom. The van der Waals surface area contributed by atoms with E-state index in [0.29, 0.717) is 5.88 Å². The van der Waals surface area contributed by atoms with Crippen LogP contribution in [0.4, 0.5) is 5.69 Å². The molecule has 32 heavy (non-hydrogen) atoms. The third-order valence-corrected chi connectivity index (χ3v) is 5.65. The second-order valence-electron chi connectivity index (χ2n) is 7.91. The summed E-state index contributed by atoms with van der Waals surface area (Å²) in [4.78, 5) is 9.07. The van der Waals surface area contributed by atoms with Gasteiger partial charge in [-0.05, 0) is 30.3 Å². The molecule has 0 amide bonds. The molecule has 0 N–H and O–H groups in total. The molecule has 5 nitrogen and oxygen atoms in total. The van der Waals surface area contributed by atoms with Crippen LogP contribution in [0.25, 0.3) is 33.2 Å². The van der Waals surface area contributed by atoms with E-state index in [1.54, 1.807) is 0 Å². The molecule has 1 aliphatic rings. The van der Waals surface area contributed by atoms with Gasteiger partial charge >= 0.3 is 0 Å². The molecule has 0 saturated heterocycles. The van der Waals surface area contributed by atoms with Crippen LogP contribution in [0.15, 0.2) is 102 Å². The van der Waals surface area contributed by atoms with E-state index in [2.05, 4.69) is 47.4 Å². The van der Waals surface area contributed by atoms with Crippen molar-refractivity contribution in [2.75, 3.05) is 18.6 Å². The average molecular weight is 419 g/mol. The quantitative estimate of drug-likeness (QED) is 0.327. The first-order valence-electron chi connectivity index (χ1n) is 10.6. The van der Waals surface area contributed by atoms with E-state index in [4.69, 9.17) is 14.1 Å². The van der Waals surface area contributed by atoms with Crippen molar-refractivity contribution < 1.29 is 9.15 Å². The monoisotopic (exact) mass is 419 g/mol. The molecular weight excluding hydrogens is 398 g/mol. The first-order chi connectivity index (χ1) is 15.7. The van der Waals surface area contributed by atoms with E-state index in [1.807, 2.05) is 66.7 Å². The number of furan rings is 1. The number of rotatable bonds is 4. The number of nitrogens with zero attached hydrogens (tertiary/aromatic N) is 3. The lowest BCUT2D eigenvalue weighted by atomic mass is 10.1. The molecule has 6 rings (SSSR count). The number of anilines is 1. The molecule has 5 aromatic rings. The number of para-hydroxylation sites is 2. The van der Waals surface area contributed by atoms with Gasteiger partial charge in [0.2, 0.25) is 5.88 Å². The lowest BCUT2D eigenvalue weighted by Crippen LogP contribution is -2.21. The third kappa shape index (κ3) is 3.24. The van der Waals surface area contributed by atoms with Crippen LogP contribution in [0.1, 0.15) is 0 Å². The van der Waals surface area contributed by atoms with Gasteiger partial charge in [-0.25, -0.2) is 4.98 Å². The topological polar surface area (TPSA) is 41.7 Å². The van der Waals surface area contributed by atoms with Crippen LogP contribution in [-0.4, -0.2) is 23.6 Å². The zero-order valence-electron chi connectivity index (χ0n) is 17.6. The molecule has 0 bridgehead atoms. The number of aromatic nitrogens is 1. The summed E-state index contributed by atoms with van der Waals surface area (Å²) in [6, 6.07) is 28.1. The molecular formula is C27H21N3O2. The van der Waals surface area contributed by atoms with Crippen molar-refractivity contribution in [1.29, 1.82) is 0 Å². The highest BCUT2D eigenvalue weighted by atomic mass is 16.5. The highest BCUT2D eigenvalue weighted by Crippen LogP contribution is 2.36. The van der Waals surface area contributed by atoms with E-state index in [9.17, 15) is 0 Å². The summed E-state index contributed by atoms with van der Waals surface area (Å²) < 4.78 is 12.3. The summed E-state index contributed by atoms with van der Waals surface area (Å²) in [7, 11) is 2.05. The summed E-state index contributed by atoms with van der Waals surface area (Å²) in [5.74, 6) is 1.29. The smallest absolute Gasteiger partial charge is 0.219 e. The number of hydrogen-bond acceptors (Lipinski definition) is 5. The predicted molar refractivity (Wildman–Crippen MR) is 128 cm³/mol. The normalized spacial score (nSPS) is 13.4. The molecule has 3 aromatic carbocycles. The van der Waals surface area contributed by atoms with Gasteiger partial charge in [-0.1, -0.05) is 42.5 Å². The van der Waals surface area contributed by atoms with Crippen LogP contribution in [0.2, 0.25) is 0 Å². The molecule has 0 fully saturated rings. The fourth-order valence-corrected chi connectivity index (χ4v) is 4.11. The van der Waals surface area contributed by atoms with E-state index in [1.165, 1.54) is 0 Å². The van der Waals surface area contributed by atoms with E-state index < -0.39 is 0 Å². The standard InChI is InChI=1S/C27H21N3O2/c1-29-15-16-30(18-29)19-7-4-8-20(17-19)31-26-14-6-12-24(28-26)23-11-5-10-22-21-9-2-3-13-25(21)32-27(22)23/h2-17H,18H2,1H3. The molecule has 0 saturated carbocycles. The molecule has 0 spiro atoms. The van der Waals surface area contributed by atoms with Crippen molar-refractivity contribution in [1.82, 2.24) is 9.88 Å². The maximum absolute atomic E-state index is 6.18. The van der Waals surface area contributed by atoms with Crippen LogP contribution in [0.5, 0.6) is 11.6 Å². The lowest BCUT2D eigenvalue weighted by molar-refractivity contribution is 0.463. The van der Waals surface area contributed by atoms with Crippen molar-refractivity contribution in [2.45, 2.75) is 0 Å². The van der Waals surface area contributed by atoms with E-state index in [0.717, 1.165) is 51.3 Å². The minimum atomic E-state index is 0.543. The Bertz CT molecular complexity index is 1470. The molecule has 156 valence electrons. The largest absolute Gasteiger partial charge is 0.455 e. The summed E-state index contributed by atoms with van der Waals surface area (Å²) >= 11 is 0. The zero-order valence-corrected chi connectivity index (χ0v) is 17.6. The van der Waals surface area contributed by atoms with Gasteiger partial charge in [-0.2, -0.15) is 0 Å². The van der Waals surface area contributed by atoms with Crippen LogP contribution in [-0.2, 0) is 0 Å². The Hall–Kier alpha value is -4.25. The number of benzene rings is 3. The number of pyridine rings is 1. The van der Waals surface area contributed by atoms with E-state index in [-0.39, 0.29) is 0 Å².